The van der Waals surface area contributed by atoms with Gasteiger partial charge in [-0.15, -0.1) is 11.8 Å². The first-order valence-electron chi connectivity index (χ1n) is 16.4. The molecule has 3 N–H and O–H groups in total. The molecule has 2 nitrogen and oxygen atoms in total. The fourth-order valence-electron chi connectivity index (χ4n) is 5.56. The molecule has 7 aromatic carbocycles. The summed E-state index contributed by atoms with van der Waals surface area (Å²) < 4.78 is 0. The van der Waals surface area contributed by atoms with Gasteiger partial charge in [0.05, 0.1) is 0 Å². The summed E-state index contributed by atoms with van der Waals surface area (Å²) in [7, 11) is 0. The van der Waals surface area contributed by atoms with Gasteiger partial charge < -0.3 is 11.1 Å². The van der Waals surface area contributed by atoms with E-state index in [2.05, 4.69) is 128 Å². The van der Waals surface area contributed by atoms with Crippen molar-refractivity contribution in [2.75, 3.05) is 6.26 Å². The standard InChI is InChI=1S/C32H25NS.C7H9N.C7H8/c1-34-31-13-7-10-28(22-33)32(31)30-12-6-5-11-29(30)27-20-18-26(19-21-27)25-16-14-24(15-17-25)23-8-3-2-4-9-23;8-6-7-4-2-1-3-5-7;1-7-5-3-2-4-6-7/h2-22,33H,1H3;1-5H,6,8H2;2-6H,1H3. The molecule has 0 unspecified atom stereocenters. The number of nitrogens with one attached hydrogen (secondary N) is 1. The van der Waals surface area contributed by atoms with E-state index >= 15 is 0 Å². The summed E-state index contributed by atoms with van der Waals surface area (Å²) >= 11 is 1.72. The highest BCUT2D eigenvalue weighted by Gasteiger charge is 2.14. The lowest BCUT2D eigenvalue weighted by Gasteiger charge is -2.16. The molecule has 3 heteroatoms. The van der Waals surface area contributed by atoms with Crippen LogP contribution in [0.3, 0.4) is 0 Å². The van der Waals surface area contributed by atoms with E-state index in [1.165, 1.54) is 55.6 Å². The molecule has 0 heterocycles. The molecule has 0 aromatic heterocycles. The second-order valence-electron chi connectivity index (χ2n) is 11.5. The minimum absolute atomic E-state index is 0.640. The van der Waals surface area contributed by atoms with Crippen molar-refractivity contribution in [2.24, 2.45) is 5.73 Å². The zero-order chi connectivity index (χ0) is 34.3. The molecule has 0 saturated heterocycles. The van der Waals surface area contributed by atoms with Gasteiger partial charge in [-0.3, -0.25) is 0 Å². The summed E-state index contributed by atoms with van der Waals surface area (Å²) in [5.41, 5.74) is 18.3. The topological polar surface area (TPSA) is 49.9 Å². The third kappa shape index (κ3) is 9.55. The fourth-order valence-corrected chi connectivity index (χ4v) is 6.20. The Bertz CT molecular complexity index is 2020. The molecular formula is C46H42N2S. The van der Waals surface area contributed by atoms with Gasteiger partial charge in [0.1, 0.15) is 0 Å². The van der Waals surface area contributed by atoms with Crippen LogP contribution >= 0.6 is 11.8 Å². The largest absolute Gasteiger partial charge is 0.326 e. The highest BCUT2D eigenvalue weighted by atomic mass is 32.2. The van der Waals surface area contributed by atoms with Crippen molar-refractivity contribution in [1.82, 2.24) is 0 Å². The van der Waals surface area contributed by atoms with Gasteiger partial charge in [0.25, 0.3) is 0 Å². The summed E-state index contributed by atoms with van der Waals surface area (Å²) in [6.45, 7) is 2.72. The van der Waals surface area contributed by atoms with Gasteiger partial charge in [-0.25, -0.2) is 0 Å². The molecule has 0 saturated carbocycles. The van der Waals surface area contributed by atoms with Gasteiger partial charge in [0.2, 0.25) is 0 Å². The van der Waals surface area contributed by atoms with Crippen molar-refractivity contribution in [3.05, 3.63) is 199 Å². The molecule has 0 radical (unpaired) electrons. The summed E-state index contributed by atoms with van der Waals surface area (Å²) in [4.78, 5) is 1.18. The summed E-state index contributed by atoms with van der Waals surface area (Å²) in [6.07, 6.45) is 3.54. The lowest BCUT2D eigenvalue weighted by Crippen LogP contribution is -1.94. The van der Waals surface area contributed by atoms with Crippen LogP contribution in [0.2, 0.25) is 0 Å². The lowest BCUT2D eigenvalue weighted by atomic mass is 9.91. The SMILES string of the molecule is CSc1cccc(C=N)c1-c1ccccc1-c1ccc(-c2ccc(-c3ccccc3)cc2)cc1.Cc1ccccc1.NCc1ccccc1. The zero-order valence-corrected chi connectivity index (χ0v) is 28.9. The Balaban J connectivity index is 0.000000256. The van der Waals surface area contributed by atoms with E-state index < -0.39 is 0 Å². The van der Waals surface area contributed by atoms with Gasteiger partial charge in [0.15, 0.2) is 0 Å². The molecule has 0 aliphatic rings. The molecule has 7 aromatic rings. The number of hydrogen-bond acceptors (Lipinski definition) is 3. The maximum absolute atomic E-state index is 7.94. The predicted molar refractivity (Wildman–Crippen MR) is 213 cm³/mol. The lowest BCUT2D eigenvalue weighted by molar-refractivity contribution is 1.07. The highest BCUT2D eigenvalue weighted by molar-refractivity contribution is 7.98. The monoisotopic (exact) mass is 654 g/mol. The molecule has 242 valence electrons. The van der Waals surface area contributed by atoms with Crippen LogP contribution in [0.4, 0.5) is 0 Å². The Morgan fingerprint density at radius 3 is 1.39 bits per heavy atom. The average molecular weight is 655 g/mol. The quantitative estimate of drug-likeness (QED) is 0.133. The van der Waals surface area contributed by atoms with Crippen molar-refractivity contribution >= 4 is 18.0 Å². The Morgan fingerprint density at radius 2 is 0.939 bits per heavy atom. The summed E-state index contributed by atoms with van der Waals surface area (Å²) in [5.74, 6) is 0. The number of hydrogen-bond donors (Lipinski definition) is 2. The van der Waals surface area contributed by atoms with Gasteiger partial charge in [-0.1, -0.05) is 181 Å². The number of aryl methyl sites for hydroxylation is 1. The first-order chi connectivity index (χ1) is 24.1. The van der Waals surface area contributed by atoms with Crippen molar-refractivity contribution in [3.8, 4) is 44.5 Å². The van der Waals surface area contributed by atoms with Crippen LogP contribution < -0.4 is 5.73 Å². The maximum atomic E-state index is 7.94. The zero-order valence-electron chi connectivity index (χ0n) is 28.1. The molecular weight excluding hydrogens is 613 g/mol. The van der Waals surface area contributed by atoms with Crippen molar-refractivity contribution < 1.29 is 0 Å². The normalized spacial score (nSPS) is 10.2. The Hall–Kier alpha value is -5.48. The van der Waals surface area contributed by atoms with Gasteiger partial charge in [0, 0.05) is 28.8 Å². The number of benzene rings is 7. The van der Waals surface area contributed by atoms with E-state index in [0.29, 0.717) is 6.54 Å². The second-order valence-corrected chi connectivity index (χ2v) is 12.3. The molecule has 7 rings (SSSR count). The second kappa shape index (κ2) is 18.2. The summed E-state index contributed by atoms with van der Waals surface area (Å²) in [5, 5.41) is 7.94. The first kappa shape index (κ1) is 34.8. The molecule has 49 heavy (non-hydrogen) atoms. The minimum atomic E-state index is 0.640. The molecule has 0 bridgehead atoms. The third-order valence-corrected chi connectivity index (χ3v) is 8.95. The minimum Gasteiger partial charge on any atom is -0.326 e. The molecule has 0 amide bonds. The smallest absolute Gasteiger partial charge is 0.0256 e. The molecule has 0 aliphatic heterocycles. The summed E-state index contributed by atoms with van der Waals surface area (Å²) in [6, 6.07) is 62.9. The Morgan fingerprint density at radius 1 is 0.490 bits per heavy atom. The number of thioether (sulfide) groups is 1. The average Bonchev–Trinajstić information content (AvgIpc) is 3.19. The number of nitrogens with two attached hydrogens (primary N) is 1. The molecule has 0 aliphatic carbocycles. The van der Waals surface area contributed by atoms with Gasteiger partial charge in [-0.2, -0.15) is 0 Å². The van der Waals surface area contributed by atoms with Crippen LogP contribution in [0.15, 0.2) is 187 Å². The third-order valence-electron chi connectivity index (χ3n) is 8.17. The van der Waals surface area contributed by atoms with Crippen LogP contribution in [0.5, 0.6) is 0 Å². The van der Waals surface area contributed by atoms with Crippen molar-refractivity contribution in [3.63, 3.8) is 0 Å². The molecule has 0 fully saturated rings. The van der Waals surface area contributed by atoms with Crippen molar-refractivity contribution in [2.45, 2.75) is 18.4 Å². The van der Waals surface area contributed by atoms with Crippen LogP contribution in [-0.4, -0.2) is 12.5 Å². The van der Waals surface area contributed by atoms with E-state index in [1.807, 2.05) is 66.7 Å². The van der Waals surface area contributed by atoms with E-state index in [4.69, 9.17) is 11.1 Å². The van der Waals surface area contributed by atoms with E-state index in [1.54, 1.807) is 11.8 Å². The van der Waals surface area contributed by atoms with Crippen LogP contribution in [-0.2, 0) is 6.54 Å². The fraction of sp³-hybridized carbons (Fsp3) is 0.0652. The van der Waals surface area contributed by atoms with E-state index in [9.17, 15) is 0 Å². The number of rotatable bonds is 7. The highest BCUT2D eigenvalue weighted by Crippen LogP contribution is 2.39. The van der Waals surface area contributed by atoms with Crippen LogP contribution in [0.25, 0.3) is 44.5 Å². The van der Waals surface area contributed by atoms with Crippen molar-refractivity contribution in [1.29, 1.82) is 5.41 Å². The van der Waals surface area contributed by atoms with E-state index in [-0.39, 0.29) is 0 Å². The Labute approximate surface area is 295 Å². The maximum Gasteiger partial charge on any atom is 0.0256 e. The van der Waals surface area contributed by atoms with Crippen LogP contribution in [0, 0.1) is 12.3 Å². The predicted octanol–water partition coefficient (Wildman–Crippen LogP) is 12.2. The van der Waals surface area contributed by atoms with Gasteiger partial charge >= 0.3 is 0 Å². The van der Waals surface area contributed by atoms with Crippen LogP contribution in [0.1, 0.15) is 16.7 Å². The first-order valence-corrected chi connectivity index (χ1v) is 17.6. The Kier molecular flexibility index (Phi) is 12.9. The molecule has 0 atom stereocenters. The van der Waals surface area contributed by atoms with E-state index in [0.717, 1.165) is 16.7 Å². The van der Waals surface area contributed by atoms with Gasteiger partial charge in [-0.05, 0) is 63.8 Å². The molecule has 0 spiro atoms.